The van der Waals surface area contributed by atoms with E-state index in [1.807, 2.05) is 6.33 Å². The summed E-state index contributed by atoms with van der Waals surface area (Å²) in [5.74, 6) is -0.0943. The number of fused-ring (bicyclic) bond motifs is 3. The predicted octanol–water partition coefficient (Wildman–Crippen LogP) is 6.84. The molecule has 32 heavy (non-hydrogen) atoms. The van der Waals surface area contributed by atoms with E-state index in [1.165, 1.54) is 27.8 Å². The number of rotatable bonds is 3. The molecular formula is C27H25FN2OS. The quantitative estimate of drug-likeness (QED) is 0.376. The van der Waals surface area contributed by atoms with Crippen LogP contribution < -0.4 is 0 Å². The zero-order chi connectivity index (χ0) is 21.9. The lowest BCUT2D eigenvalue weighted by atomic mass is 9.60. The van der Waals surface area contributed by atoms with Crippen molar-refractivity contribution in [3.05, 3.63) is 82.9 Å². The Labute approximate surface area is 190 Å². The number of imidazole rings is 1. The Morgan fingerprint density at radius 3 is 2.84 bits per heavy atom. The van der Waals surface area contributed by atoms with Crippen LogP contribution in [0.1, 0.15) is 43.5 Å². The van der Waals surface area contributed by atoms with E-state index in [9.17, 15) is 9.50 Å². The molecule has 3 atom stereocenters. The highest BCUT2D eigenvalue weighted by Gasteiger charge is 2.46. The van der Waals surface area contributed by atoms with Gasteiger partial charge in [0, 0.05) is 22.2 Å². The number of allylic oxidation sites excluding steroid dienone is 1. The van der Waals surface area contributed by atoms with Crippen LogP contribution in [0.25, 0.3) is 27.4 Å². The van der Waals surface area contributed by atoms with Crippen LogP contribution in [0.2, 0.25) is 0 Å². The first kappa shape index (κ1) is 19.9. The van der Waals surface area contributed by atoms with Gasteiger partial charge in [-0.2, -0.15) is 0 Å². The van der Waals surface area contributed by atoms with Crippen molar-refractivity contribution in [3.8, 4) is 11.3 Å². The van der Waals surface area contributed by atoms with E-state index in [2.05, 4.69) is 52.2 Å². The average Bonchev–Trinajstić information content (AvgIpc) is 3.41. The number of halogens is 1. The van der Waals surface area contributed by atoms with E-state index in [0.29, 0.717) is 0 Å². The minimum Gasteiger partial charge on any atom is -0.388 e. The highest BCUT2D eigenvalue weighted by atomic mass is 32.1. The molecule has 162 valence electrons. The zero-order valence-corrected chi connectivity index (χ0v) is 18.8. The third-order valence-corrected chi connectivity index (χ3v) is 8.51. The van der Waals surface area contributed by atoms with Gasteiger partial charge in [-0.1, -0.05) is 30.7 Å². The van der Waals surface area contributed by atoms with E-state index >= 15 is 0 Å². The van der Waals surface area contributed by atoms with Crippen LogP contribution in [0.4, 0.5) is 4.39 Å². The summed E-state index contributed by atoms with van der Waals surface area (Å²) in [6, 6.07) is 14.9. The predicted molar refractivity (Wildman–Crippen MR) is 128 cm³/mol. The summed E-state index contributed by atoms with van der Waals surface area (Å²) in [5, 5.41) is 14.9. The van der Waals surface area contributed by atoms with E-state index in [-0.39, 0.29) is 17.2 Å². The molecule has 0 spiro atoms. The lowest BCUT2D eigenvalue weighted by Gasteiger charge is -2.48. The molecule has 1 aliphatic carbocycles. The average molecular weight is 445 g/mol. The van der Waals surface area contributed by atoms with E-state index < -0.39 is 6.10 Å². The molecule has 6 rings (SSSR count). The smallest absolute Gasteiger partial charge is 0.123 e. The summed E-state index contributed by atoms with van der Waals surface area (Å²) in [4.78, 5) is 4.68. The molecule has 0 unspecified atom stereocenters. The van der Waals surface area contributed by atoms with Gasteiger partial charge in [0.05, 0.1) is 23.8 Å². The summed E-state index contributed by atoms with van der Waals surface area (Å²) in [5.41, 5.74) is 5.23. The molecule has 2 aromatic carbocycles. The topological polar surface area (TPSA) is 38.0 Å². The van der Waals surface area contributed by atoms with Crippen LogP contribution in [0, 0.1) is 17.2 Å². The second kappa shape index (κ2) is 7.39. The molecule has 1 saturated carbocycles. The highest BCUT2D eigenvalue weighted by molar-refractivity contribution is 7.17. The Hall–Kier alpha value is -2.76. The SMILES string of the molecule is C[C@]12Cn3cnc(-c4ccc(F)cc4)c3C=C1CCC[C@@H]2[C@H](O)c1csc2ccccc12. The largest absolute Gasteiger partial charge is 0.388 e. The molecule has 0 radical (unpaired) electrons. The number of nitrogens with zero attached hydrogens (tertiary/aromatic N) is 2. The Morgan fingerprint density at radius 1 is 1.19 bits per heavy atom. The Kier molecular flexibility index (Phi) is 4.60. The van der Waals surface area contributed by atoms with Crippen LogP contribution in [0.3, 0.4) is 0 Å². The maximum atomic E-state index is 13.4. The summed E-state index contributed by atoms with van der Waals surface area (Å²) in [6.45, 7) is 3.10. The van der Waals surface area contributed by atoms with Crippen molar-refractivity contribution in [2.75, 3.05) is 0 Å². The number of hydrogen-bond donors (Lipinski definition) is 1. The molecule has 3 heterocycles. The Bertz CT molecular complexity index is 1340. The molecule has 1 N–H and O–H groups in total. The van der Waals surface area contributed by atoms with Gasteiger partial charge in [-0.3, -0.25) is 0 Å². The highest BCUT2D eigenvalue weighted by Crippen LogP contribution is 2.54. The fraction of sp³-hybridized carbons (Fsp3) is 0.296. The minimum absolute atomic E-state index is 0.130. The number of hydrogen-bond acceptors (Lipinski definition) is 3. The molecular weight excluding hydrogens is 419 g/mol. The van der Waals surface area contributed by atoms with Crippen LogP contribution in [0.15, 0.2) is 65.8 Å². The van der Waals surface area contributed by atoms with Gasteiger partial charge in [-0.25, -0.2) is 9.37 Å². The molecule has 2 aliphatic rings. The summed E-state index contributed by atoms with van der Waals surface area (Å²) < 4.78 is 16.8. The van der Waals surface area contributed by atoms with Gasteiger partial charge in [0.1, 0.15) is 5.82 Å². The van der Waals surface area contributed by atoms with E-state index in [0.717, 1.165) is 48.3 Å². The van der Waals surface area contributed by atoms with Crippen molar-refractivity contribution in [2.45, 2.75) is 38.8 Å². The monoisotopic (exact) mass is 444 g/mol. The Morgan fingerprint density at radius 2 is 2.00 bits per heavy atom. The molecule has 0 bridgehead atoms. The number of aliphatic hydroxyl groups is 1. The fourth-order valence-corrected chi connectivity index (χ4v) is 6.77. The van der Waals surface area contributed by atoms with Crippen LogP contribution in [-0.4, -0.2) is 14.7 Å². The number of aromatic nitrogens is 2. The summed E-state index contributed by atoms with van der Waals surface area (Å²) >= 11 is 1.71. The molecule has 0 saturated heterocycles. The van der Waals surface area contributed by atoms with Crippen molar-refractivity contribution < 1.29 is 9.50 Å². The van der Waals surface area contributed by atoms with Gasteiger partial charge in [0.2, 0.25) is 0 Å². The normalized spacial score (nSPS) is 23.5. The second-order valence-electron chi connectivity index (χ2n) is 9.33. The third-order valence-electron chi connectivity index (χ3n) is 7.53. The van der Waals surface area contributed by atoms with Crippen molar-refractivity contribution >= 4 is 27.5 Å². The molecule has 2 aromatic heterocycles. The van der Waals surface area contributed by atoms with Crippen molar-refractivity contribution in [3.63, 3.8) is 0 Å². The summed E-state index contributed by atoms with van der Waals surface area (Å²) in [6.07, 6.45) is 6.79. The van der Waals surface area contributed by atoms with Crippen LogP contribution in [-0.2, 0) is 6.54 Å². The van der Waals surface area contributed by atoms with Gasteiger partial charge in [-0.05, 0) is 77.9 Å². The lowest BCUT2D eigenvalue weighted by Crippen LogP contribution is -2.42. The second-order valence-corrected chi connectivity index (χ2v) is 10.2. The van der Waals surface area contributed by atoms with E-state index in [1.54, 1.807) is 23.5 Å². The molecule has 1 fully saturated rings. The third kappa shape index (κ3) is 2.99. The maximum Gasteiger partial charge on any atom is 0.123 e. The first-order valence-electron chi connectivity index (χ1n) is 11.2. The molecule has 3 nitrogen and oxygen atoms in total. The minimum atomic E-state index is -0.499. The van der Waals surface area contributed by atoms with E-state index in [4.69, 9.17) is 0 Å². The fourth-order valence-electron chi connectivity index (χ4n) is 5.78. The van der Waals surface area contributed by atoms with Crippen molar-refractivity contribution in [2.24, 2.45) is 11.3 Å². The standard InChI is InChI=1S/C27H25FN2OS/c1-27-15-30-16-29-25(17-9-11-19(28)12-10-17)23(30)13-18(27)5-4-7-22(27)26(31)21-14-32-24-8-3-2-6-20(21)24/h2-3,6,8-14,16,22,26,31H,4-5,7,15H2,1H3/t22-,26-,27+/m1/s1. The van der Waals surface area contributed by atoms with Gasteiger partial charge in [0.25, 0.3) is 0 Å². The van der Waals surface area contributed by atoms with Crippen LogP contribution >= 0.6 is 11.3 Å². The number of aliphatic hydroxyl groups excluding tert-OH is 1. The van der Waals surface area contributed by atoms with Gasteiger partial charge < -0.3 is 9.67 Å². The molecule has 5 heteroatoms. The summed E-state index contributed by atoms with van der Waals surface area (Å²) in [7, 11) is 0. The lowest BCUT2D eigenvalue weighted by molar-refractivity contribution is 0.0134. The first-order valence-corrected chi connectivity index (χ1v) is 12.1. The maximum absolute atomic E-state index is 13.4. The first-order chi connectivity index (χ1) is 15.5. The van der Waals surface area contributed by atoms with Gasteiger partial charge >= 0.3 is 0 Å². The molecule has 1 aliphatic heterocycles. The van der Waals surface area contributed by atoms with Gasteiger partial charge in [0.15, 0.2) is 0 Å². The Balaban J connectivity index is 1.39. The number of benzene rings is 2. The van der Waals surface area contributed by atoms with Gasteiger partial charge in [-0.15, -0.1) is 11.3 Å². The molecule has 0 amide bonds. The van der Waals surface area contributed by atoms with Crippen molar-refractivity contribution in [1.29, 1.82) is 0 Å². The van der Waals surface area contributed by atoms with Crippen molar-refractivity contribution in [1.82, 2.24) is 9.55 Å². The number of thiophene rings is 1. The molecule has 4 aromatic rings. The van der Waals surface area contributed by atoms with Crippen LogP contribution in [0.5, 0.6) is 0 Å². The zero-order valence-electron chi connectivity index (χ0n) is 18.0.